The van der Waals surface area contributed by atoms with E-state index in [0.717, 1.165) is 19.1 Å². The number of rotatable bonds is 3. The minimum atomic E-state index is -5.14. The molecule has 1 unspecified atom stereocenters. The minimum absolute atomic E-state index is 0.422. The van der Waals surface area contributed by atoms with Gasteiger partial charge in [-0.1, -0.05) is 11.6 Å². The van der Waals surface area contributed by atoms with E-state index in [9.17, 15) is 32.5 Å². The maximum absolute atomic E-state index is 13.5. The Bertz CT molecular complexity index is 562. The number of halogens is 5. The van der Waals surface area contributed by atoms with E-state index in [1.54, 1.807) is 0 Å². The van der Waals surface area contributed by atoms with Crippen LogP contribution in [-0.2, 0) is 4.79 Å². The van der Waals surface area contributed by atoms with E-state index < -0.39 is 45.1 Å². The lowest BCUT2D eigenvalue weighted by molar-refractivity contribution is -0.388. The summed E-state index contributed by atoms with van der Waals surface area (Å²) in [6.45, 7) is 1.05. The average Bonchev–Trinajstić information content (AvgIpc) is 2.30. The first-order valence-corrected chi connectivity index (χ1v) is 5.43. The van der Waals surface area contributed by atoms with Crippen molar-refractivity contribution in [3.05, 3.63) is 38.7 Å². The summed E-state index contributed by atoms with van der Waals surface area (Å²) in [7, 11) is 0. The quantitative estimate of drug-likeness (QED) is 0.529. The zero-order valence-electron chi connectivity index (χ0n) is 9.79. The second kappa shape index (κ2) is 5.61. The Morgan fingerprint density at radius 2 is 2.00 bits per heavy atom. The summed E-state index contributed by atoms with van der Waals surface area (Å²) in [5, 5.41) is 11.7. The highest BCUT2D eigenvalue weighted by Crippen LogP contribution is 2.32. The van der Waals surface area contributed by atoms with Crippen molar-refractivity contribution in [3.8, 4) is 0 Å². The highest BCUT2D eigenvalue weighted by Gasteiger charge is 2.40. The third kappa shape index (κ3) is 3.35. The number of nitro benzene ring substituents is 1. The maximum atomic E-state index is 13.5. The van der Waals surface area contributed by atoms with E-state index >= 15 is 0 Å². The molecule has 1 atom stereocenters. The van der Waals surface area contributed by atoms with Crippen LogP contribution in [0.5, 0.6) is 0 Å². The smallest absolute Gasteiger partial charge is 0.341 e. The van der Waals surface area contributed by atoms with Crippen LogP contribution in [0.3, 0.4) is 0 Å². The molecule has 1 aromatic rings. The summed E-state index contributed by atoms with van der Waals surface area (Å²) < 4.78 is 49.8. The van der Waals surface area contributed by atoms with Crippen LogP contribution in [0.4, 0.5) is 23.2 Å². The average molecular weight is 315 g/mol. The first kappa shape index (κ1) is 16.2. The largest absolute Gasteiger partial charge is 0.471 e. The van der Waals surface area contributed by atoms with Crippen molar-refractivity contribution in [1.29, 1.82) is 0 Å². The molecule has 0 bridgehead atoms. The molecule has 0 aliphatic carbocycles. The monoisotopic (exact) mass is 314 g/mol. The number of carbonyl (C=O) groups excluding carboxylic acids is 1. The molecule has 0 saturated heterocycles. The van der Waals surface area contributed by atoms with Crippen LogP contribution in [0.15, 0.2) is 12.1 Å². The Morgan fingerprint density at radius 1 is 1.45 bits per heavy atom. The van der Waals surface area contributed by atoms with E-state index in [0.29, 0.717) is 0 Å². The molecule has 110 valence electrons. The standard InChI is InChI=1S/C10H7ClF4N2O3/c1-4(16-9(18)10(13,14)15)5-2-3-6(11)7(12)8(5)17(19)20/h2-4H,1H3,(H,16,18). The van der Waals surface area contributed by atoms with Gasteiger partial charge >= 0.3 is 17.8 Å². The lowest BCUT2D eigenvalue weighted by Gasteiger charge is -2.16. The first-order chi connectivity index (χ1) is 9.05. The molecule has 1 amide bonds. The first-order valence-electron chi connectivity index (χ1n) is 5.05. The van der Waals surface area contributed by atoms with Crippen molar-refractivity contribution in [1.82, 2.24) is 5.32 Å². The fourth-order valence-electron chi connectivity index (χ4n) is 1.45. The van der Waals surface area contributed by atoms with Gasteiger partial charge in [-0.15, -0.1) is 0 Å². The highest BCUT2D eigenvalue weighted by atomic mass is 35.5. The van der Waals surface area contributed by atoms with Crippen LogP contribution in [0, 0.1) is 15.9 Å². The minimum Gasteiger partial charge on any atom is -0.341 e. The van der Waals surface area contributed by atoms with Crippen molar-refractivity contribution in [2.24, 2.45) is 0 Å². The molecule has 0 spiro atoms. The Hall–Kier alpha value is -1.90. The van der Waals surface area contributed by atoms with Crippen LogP contribution in [-0.4, -0.2) is 17.0 Å². The van der Waals surface area contributed by atoms with Crippen LogP contribution in [0.1, 0.15) is 18.5 Å². The van der Waals surface area contributed by atoms with Crippen molar-refractivity contribution in [2.75, 3.05) is 0 Å². The fraction of sp³-hybridized carbons (Fsp3) is 0.300. The van der Waals surface area contributed by atoms with Gasteiger partial charge in [0.25, 0.3) is 0 Å². The number of amides is 1. The molecule has 0 aromatic heterocycles. The summed E-state index contributed by atoms with van der Waals surface area (Å²) in [4.78, 5) is 20.4. The molecule has 0 heterocycles. The SMILES string of the molecule is CC(NC(=O)C(F)(F)F)c1ccc(Cl)c(F)c1[N+](=O)[O-]. The maximum Gasteiger partial charge on any atom is 0.471 e. The molecular formula is C10H7ClF4N2O3. The van der Waals surface area contributed by atoms with E-state index in [2.05, 4.69) is 0 Å². The molecule has 0 aliphatic rings. The number of benzene rings is 1. The zero-order valence-corrected chi connectivity index (χ0v) is 10.5. The van der Waals surface area contributed by atoms with Gasteiger partial charge in [0.05, 0.1) is 21.6 Å². The van der Waals surface area contributed by atoms with Crippen LogP contribution >= 0.6 is 11.6 Å². The number of hydrogen-bond donors (Lipinski definition) is 1. The Kier molecular flexibility index (Phi) is 4.53. The number of hydrogen-bond acceptors (Lipinski definition) is 3. The van der Waals surface area contributed by atoms with Gasteiger partial charge in [0.1, 0.15) is 0 Å². The van der Waals surface area contributed by atoms with Gasteiger partial charge in [-0.05, 0) is 19.1 Å². The molecule has 0 saturated carbocycles. The van der Waals surface area contributed by atoms with Crippen LogP contribution in [0.25, 0.3) is 0 Å². The van der Waals surface area contributed by atoms with Crippen molar-refractivity contribution >= 4 is 23.2 Å². The van der Waals surface area contributed by atoms with Crippen LogP contribution in [0.2, 0.25) is 5.02 Å². The summed E-state index contributed by atoms with van der Waals surface area (Å²) in [6, 6.07) is 0.511. The topological polar surface area (TPSA) is 72.2 Å². The van der Waals surface area contributed by atoms with E-state index in [-0.39, 0.29) is 0 Å². The molecule has 5 nitrogen and oxygen atoms in total. The van der Waals surface area contributed by atoms with Gasteiger partial charge in [0.2, 0.25) is 5.82 Å². The number of nitro groups is 1. The Morgan fingerprint density at radius 3 is 2.45 bits per heavy atom. The van der Waals surface area contributed by atoms with Gasteiger partial charge in [-0.25, -0.2) is 0 Å². The molecule has 1 rings (SSSR count). The van der Waals surface area contributed by atoms with E-state index in [1.807, 2.05) is 0 Å². The summed E-state index contributed by atoms with van der Waals surface area (Å²) in [5.41, 5.74) is -1.50. The third-order valence-corrected chi connectivity index (χ3v) is 2.65. The second-order valence-electron chi connectivity index (χ2n) is 3.75. The molecule has 0 fully saturated rings. The van der Waals surface area contributed by atoms with Crippen molar-refractivity contribution < 1.29 is 27.3 Å². The Labute approximate surface area is 114 Å². The number of nitrogens with zero attached hydrogens (tertiary/aromatic N) is 1. The van der Waals surface area contributed by atoms with Gasteiger partial charge in [-0.2, -0.15) is 17.6 Å². The molecule has 10 heteroatoms. The zero-order chi connectivity index (χ0) is 15.7. The molecule has 0 aliphatic heterocycles. The highest BCUT2D eigenvalue weighted by molar-refractivity contribution is 6.31. The van der Waals surface area contributed by atoms with Gasteiger partial charge in [0.15, 0.2) is 0 Å². The number of alkyl halides is 3. The van der Waals surface area contributed by atoms with E-state index in [1.165, 1.54) is 5.32 Å². The molecular weight excluding hydrogens is 308 g/mol. The lowest BCUT2D eigenvalue weighted by Crippen LogP contribution is -2.38. The molecule has 1 N–H and O–H groups in total. The van der Waals surface area contributed by atoms with E-state index in [4.69, 9.17) is 11.6 Å². The Balaban J connectivity index is 3.17. The lowest BCUT2D eigenvalue weighted by atomic mass is 10.1. The number of carbonyl (C=O) groups is 1. The summed E-state index contributed by atoms with van der Waals surface area (Å²) in [6.07, 6.45) is -5.14. The van der Waals surface area contributed by atoms with Crippen molar-refractivity contribution in [2.45, 2.75) is 19.1 Å². The van der Waals surface area contributed by atoms with Crippen molar-refractivity contribution in [3.63, 3.8) is 0 Å². The summed E-state index contributed by atoms with van der Waals surface area (Å²) >= 11 is 5.37. The fourth-order valence-corrected chi connectivity index (χ4v) is 1.60. The molecule has 20 heavy (non-hydrogen) atoms. The van der Waals surface area contributed by atoms with Crippen LogP contribution < -0.4 is 5.32 Å². The second-order valence-corrected chi connectivity index (χ2v) is 4.16. The summed E-state index contributed by atoms with van der Waals surface area (Å²) in [5.74, 6) is -3.66. The van der Waals surface area contributed by atoms with Gasteiger partial charge in [0, 0.05) is 0 Å². The van der Waals surface area contributed by atoms with Gasteiger partial charge < -0.3 is 5.32 Å². The normalized spacial score (nSPS) is 12.9. The molecule has 0 radical (unpaired) electrons. The predicted octanol–water partition coefficient (Wildman–Crippen LogP) is 3.13. The molecule has 1 aromatic carbocycles. The third-order valence-electron chi connectivity index (χ3n) is 2.35. The van der Waals surface area contributed by atoms with Gasteiger partial charge in [-0.3, -0.25) is 14.9 Å². The predicted molar refractivity (Wildman–Crippen MR) is 60.7 cm³/mol. The number of nitrogens with one attached hydrogen (secondary N) is 1.